The van der Waals surface area contributed by atoms with Gasteiger partial charge in [-0.25, -0.2) is 0 Å². The number of aliphatic hydroxyl groups is 1. The summed E-state index contributed by atoms with van der Waals surface area (Å²) in [5.41, 5.74) is 0. The minimum absolute atomic E-state index is 0.104. The molecule has 1 saturated carbocycles. The Balaban J connectivity index is 2.15. The second kappa shape index (κ2) is 7.24. The third-order valence-corrected chi connectivity index (χ3v) is 3.47. The molecular weight excluding hydrogens is 186 g/mol. The molecule has 15 heavy (non-hydrogen) atoms. The van der Waals surface area contributed by atoms with E-state index < -0.39 is 0 Å². The fourth-order valence-corrected chi connectivity index (χ4v) is 2.46. The van der Waals surface area contributed by atoms with E-state index in [1.807, 2.05) is 0 Å². The average molecular weight is 213 g/mol. The van der Waals surface area contributed by atoms with Crippen LogP contribution in [0.25, 0.3) is 0 Å². The normalized spacial score (nSPS) is 29.0. The van der Waals surface area contributed by atoms with Crippen molar-refractivity contribution in [2.75, 3.05) is 0 Å². The molecule has 2 N–H and O–H groups in total. The molecule has 0 amide bonds. The Morgan fingerprint density at radius 2 is 2.00 bits per heavy atom. The van der Waals surface area contributed by atoms with E-state index in [4.69, 9.17) is 0 Å². The molecular formula is C13H27NO. The Labute approximate surface area is 94.5 Å². The Morgan fingerprint density at radius 3 is 2.67 bits per heavy atom. The molecule has 0 radical (unpaired) electrons. The van der Waals surface area contributed by atoms with E-state index in [0.717, 1.165) is 12.8 Å². The van der Waals surface area contributed by atoms with Crippen LogP contribution in [0.1, 0.15) is 65.2 Å². The average Bonchev–Trinajstić information content (AvgIpc) is 2.22. The van der Waals surface area contributed by atoms with E-state index in [9.17, 15) is 5.11 Å². The maximum absolute atomic E-state index is 9.83. The van der Waals surface area contributed by atoms with Crippen LogP contribution in [-0.2, 0) is 0 Å². The highest BCUT2D eigenvalue weighted by Crippen LogP contribution is 2.19. The van der Waals surface area contributed by atoms with E-state index in [1.54, 1.807) is 0 Å². The van der Waals surface area contributed by atoms with Crippen molar-refractivity contribution in [1.29, 1.82) is 0 Å². The number of rotatable bonds is 6. The van der Waals surface area contributed by atoms with E-state index in [0.29, 0.717) is 12.1 Å². The minimum atomic E-state index is -0.104. The molecule has 2 nitrogen and oxygen atoms in total. The highest BCUT2D eigenvalue weighted by Gasteiger charge is 2.23. The van der Waals surface area contributed by atoms with E-state index in [1.165, 1.54) is 38.5 Å². The maximum atomic E-state index is 9.83. The Bertz CT molecular complexity index is 161. The van der Waals surface area contributed by atoms with Crippen LogP contribution < -0.4 is 5.32 Å². The second-order valence-electron chi connectivity index (χ2n) is 5.02. The zero-order valence-electron chi connectivity index (χ0n) is 10.3. The molecule has 0 saturated heterocycles. The van der Waals surface area contributed by atoms with Gasteiger partial charge < -0.3 is 10.4 Å². The van der Waals surface area contributed by atoms with Gasteiger partial charge in [-0.15, -0.1) is 0 Å². The lowest BCUT2D eigenvalue weighted by molar-refractivity contribution is 0.0852. The standard InChI is InChI=1S/C13H27NO/c1-3-4-5-8-11(2)14-12-9-6-7-10-13(12)15/h11-15H,3-10H2,1-2H3. The number of unbranched alkanes of at least 4 members (excludes halogenated alkanes) is 2. The van der Waals surface area contributed by atoms with Gasteiger partial charge in [0.25, 0.3) is 0 Å². The Kier molecular flexibility index (Phi) is 6.26. The summed E-state index contributed by atoms with van der Waals surface area (Å²) in [6.45, 7) is 4.49. The molecule has 0 spiro atoms. The van der Waals surface area contributed by atoms with E-state index >= 15 is 0 Å². The lowest BCUT2D eigenvalue weighted by Gasteiger charge is -2.31. The molecule has 0 aromatic carbocycles. The largest absolute Gasteiger partial charge is 0.392 e. The van der Waals surface area contributed by atoms with Crippen molar-refractivity contribution in [3.05, 3.63) is 0 Å². The van der Waals surface area contributed by atoms with Crippen LogP contribution >= 0.6 is 0 Å². The molecule has 1 rings (SSSR count). The number of hydrogen-bond donors (Lipinski definition) is 2. The van der Waals surface area contributed by atoms with Gasteiger partial charge in [0.15, 0.2) is 0 Å². The molecule has 2 heteroatoms. The number of nitrogens with one attached hydrogen (secondary N) is 1. The third-order valence-electron chi connectivity index (χ3n) is 3.47. The molecule has 1 aliphatic rings. The van der Waals surface area contributed by atoms with Crippen LogP contribution in [0.4, 0.5) is 0 Å². The second-order valence-corrected chi connectivity index (χ2v) is 5.02. The van der Waals surface area contributed by atoms with Crippen molar-refractivity contribution in [2.45, 2.75) is 83.4 Å². The van der Waals surface area contributed by atoms with Crippen molar-refractivity contribution in [3.8, 4) is 0 Å². The monoisotopic (exact) mass is 213 g/mol. The quantitative estimate of drug-likeness (QED) is 0.665. The molecule has 0 bridgehead atoms. The maximum Gasteiger partial charge on any atom is 0.0693 e. The van der Waals surface area contributed by atoms with Gasteiger partial charge in [0.2, 0.25) is 0 Å². The highest BCUT2D eigenvalue weighted by atomic mass is 16.3. The molecule has 0 aromatic rings. The molecule has 1 aliphatic carbocycles. The molecule has 0 heterocycles. The zero-order chi connectivity index (χ0) is 11.1. The summed E-state index contributed by atoms with van der Waals surface area (Å²) in [6.07, 6.45) is 9.69. The SMILES string of the molecule is CCCCCC(C)NC1CCCCC1O. The van der Waals surface area contributed by atoms with Crippen LogP contribution in [0.5, 0.6) is 0 Å². The summed E-state index contributed by atoms with van der Waals surface area (Å²) < 4.78 is 0. The van der Waals surface area contributed by atoms with Crippen LogP contribution in [-0.4, -0.2) is 23.3 Å². The zero-order valence-corrected chi connectivity index (χ0v) is 10.3. The van der Waals surface area contributed by atoms with Gasteiger partial charge in [-0.05, 0) is 26.2 Å². The van der Waals surface area contributed by atoms with Gasteiger partial charge in [-0.3, -0.25) is 0 Å². The van der Waals surface area contributed by atoms with Gasteiger partial charge in [0, 0.05) is 12.1 Å². The molecule has 3 atom stereocenters. The van der Waals surface area contributed by atoms with E-state index in [2.05, 4.69) is 19.2 Å². The highest BCUT2D eigenvalue weighted by molar-refractivity contribution is 4.82. The first-order valence-electron chi connectivity index (χ1n) is 6.68. The molecule has 1 fully saturated rings. The van der Waals surface area contributed by atoms with Gasteiger partial charge in [0.1, 0.15) is 0 Å². The molecule has 3 unspecified atom stereocenters. The number of aliphatic hydroxyl groups excluding tert-OH is 1. The molecule has 0 aromatic heterocycles. The first-order valence-corrected chi connectivity index (χ1v) is 6.68. The smallest absolute Gasteiger partial charge is 0.0693 e. The van der Waals surface area contributed by atoms with Crippen LogP contribution in [0.15, 0.2) is 0 Å². The Hall–Kier alpha value is -0.0800. The minimum Gasteiger partial charge on any atom is -0.392 e. The third kappa shape index (κ3) is 4.98. The number of hydrogen-bond acceptors (Lipinski definition) is 2. The molecule has 90 valence electrons. The van der Waals surface area contributed by atoms with Gasteiger partial charge in [-0.1, -0.05) is 39.0 Å². The summed E-state index contributed by atoms with van der Waals surface area (Å²) in [5, 5.41) is 13.4. The predicted molar refractivity (Wildman–Crippen MR) is 65.0 cm³/mol. The van der Waals surface area contributed by atoms with Crippen LogP contribution in [0.2, 0.25) is 0 Å². The fourth-order valence-electron chi connectivity index (χ4n) is 2.46. The first kappa shape index (κ1) is 13.0. The van der Waals surface area contributed by atoms with Crippen molar-refractivity contribution < 1.29 is 5.11 Å². The lowest BCUT2D eigenvalue weighted by atomic mass is 9.92. The summed E-state index contributed by atoms with van der Waals surface area (Å²) in [5.74, 6) is 0. The van der Waals surface area contributed by atoms with E-state index in [-0.39, 0.29) is 6.10 Å². The topological polar surface area (TPSA) is 32.3 Å². The van der Waals surface area contributed by atoms with Crippen molar-refractivity contribution in [1.82, 2.24) is 5.32 Å². The fraction of sp³-hybridized carbons (Fsp3) is 1.00. The van der Waals surface area contributed by atoms with Crippen molar-refractivity contribution in [2.24, 2.45) is 0 Å². The lowest BCUT2D eigenvalue weighted by Crippen LogP contribution is -2.46. The van der Waals surface area contributed by atoms with Gasteiger partial charge in [-0.2, -0.15) is 0 Å². The van der Waals surface area contributed by atoms with Gasteiger partial charge in [0.05, 0.1) is 6.10 Å². The van der Waals surface area contributed by atoms with Gasteiger partial charge >= 0.3 is 0 Å². The molecule has 0 aliphatic heterocycles. The summed E-state index contributed by atoms with van der Waals surface area (Å²) in [7, 11) is 0. The first-order chi connectivity index (χ1) is 7.24. The predicted octanol–water partition coefficient (Wildman–Crippen LogP) is 2.85. The summed E-state index contributed by atoms with van der Waals surface area (Å²) in [6, 6.07) is 0.921. The van der Waals surface area contributed by atoms with Crippen molar-refractivity contribution >= 4 is 0 Å². The van der Waals surface area contributed by atoms with Crippen molar-refractivity contribution in [3.63, 3.8) is 0 Å². The Morgan fingerprint density at radius 1 is 1.27 bits per heavy atom. The summed E-state index contributed by atoms with van der Waals surface area (Å²) >= 11 is 0. The van der Waals surface area contributed by atoms with Crippen LogP contribution in [0.3, 0.4) is 0 Å². The summed E-state index contributed by atoms with van der Waals surface area (Å²) in [4.78, 5) is 0. The van der Waals surface area contributed by atoms with Crippen LogP contribution in [0, 0.1) is 0 Å².